The van der Waals surface area contributed by atoms with Crippen molar-refractivity contribution in [3.63, 3.8) is 0 Å². The SMILES string of the molecule is CC(C)(C)OC(=O)NC1=CC[CH]C=C1. The Hall–Kier alpha value is -1.25. The second-order valence-electron chi connectivity index (χ2n) is 4.12. The number of allylic oxidation sites excluding steroid dienone is 3. The number of hydrogen-bond donors (Lipinski definition) is 1. The lowest BCUT2D eigenvalue weighted by atomic mass is 10.1. The predicted molar refractivity (Wildman–Crippen MR) is 55.5 cm³/mol. The number of ether oxygens (including phenoxy) is 1. The molecular formula is C11H16NO2. The number of alkyl carbamates (subject to hydrolysis) is 1. The van der Waals surface area contributed by atoms with Gasteiger partial charge in [-0.05, 0) is 39.7 Å². The van der Waals surface area contributed by atoms with Crippen molar-refractivity contribution in [2.45, 2.75) is 32.8 Å². The molecular weight excluding hydrogens is 178 g/mol. The summed E-state index contributed by atoms with van der Waals surface area (Å²) in [6.07, 6.45) is 8.14. The number of carbonyl (C=O) groups excluding carboxylic acids is 1. The van der Waals surface area contributed by atoms with Crippen molar-refractivity contribution >= 4 is 6.09 Å². The van der Waals surface area contributed by atoms with Crippen molar-refractivity contribution in [2.75, 3.05) is 0 Å². The Balaban J connectivity index is 2.41. The Morgan fingerprint density at radius 1 is 1.50 bits per heavy atom. The highest BCUT2D eigenvalue weighted by Crippen LogP contribution is 2.09. The van der Waals surface area contributed by atoms with Crippen molar-refractivity contribution in [2.24, 2.45) is 0 Å². The molecule has 0 aromatic heterocycles. The molecule has 1 amide bonds. The van der Waals surface area contributed by atoms with Crippen LogP contribution in [-0.4, -0.2) is 11.7 Å². The van der Waals surface area contributed by atoms with Gasteiger partial charge >= 0.3 is 6.09 Å². The molecule has 0 saturated carbocycles. The van der Waals surface area contributed by atoms with Crippen LogP contribution in [0, 0.1) is 6.42 Å². The Morgan fingerprint density at radius 2 is 2.21 bits per heavy atom. The summed E-state index contributed by atoms with van der Waals surface area (Å²) < 4.78 is 5.11. The summed E-state index contributed by atoms with van der Waals surface area (Å²) in [5, 5.41) is 2.67. The molecule has 0 spiro atoms. The maximum atomic E-state index is 11.3. The lowest BCUT2D eigenvalue weighted by Crippen LogP contribution is -2.31. The molecule has 0 unspecified atom stereocenters. The molecule has 1 aliphatic carbocycles. The third-order valence-electron chi connectivity index (χ3n) is 1.53. The van der Waals surface area contributed by atoms with E-state index in [-0.39, 0.29) is 0 Å². The van der Waals surface area contributed by atoms with Crippen LogP contribution in [0.15, 0.2) is 23.9 Å². The molecule has 3 nitrogen and oxygen atoms in total. The van der Waals surface area contributed by atoms with Crippen molar-refractivity contribution in [3.05, 3.63) is 30.3 Å². The first kappa shape index (κ1) is 10.8. The highest BCUT2D eigenvalue weighted by Gasteiger charge is 2.16. The molecule has 1 aliphatic rings. The maximum absolute atomic E-state index is 11.3. The quantitative estimate of drug-likeness (QED) is 0.696. The first-order valence-electron chi connectivity index (χ1n) is 4.67. The van der Waals surface area contributed by atoms with Gasteiger partial charge in [-0.1, -0.05) is 12.2 Å². The summed E-state index contributed by atoms with van der Waals surface area (Å²) in [4.78, 5) is 11.3. The molecule has 0 heterocycles. The zero-order valence-electron chi connectivity index (χ0n) is 8.83. The predicted octanol–water partition coefficient (Wildman–Crippen LogP) is 2.56. The maximum Gasteiger partial charge on any atom is 0.412 e. The third kappa shape index (κ3) is 4.12. The van der Waals surface area contributed by atoms with E-state index in [0.717, 1.165) is 12.1 Å². The van der Waals surface area contributed by atoms with Crippen molar-refractivity contribution in [1.29, 1.82) is 0 Å². The van der Waals surface area contributed by atoms with Crippen molar-refractivity contribution < 1.29 is 9.53 Å². The second kappa shape index (κ2) is 4.31. The van der Waals surface area contributed by atoms with Gasteiger partial charge in [0.1, 0.15) is 5.60 Å². The fourth-order valence-corrected chi connectivity index (χ4v) is 1.03. The Labute approximate surface area is 84.8 Å². The summed E-state index contributed by atoms with van der Waals surface area (Å²) >= 11 is 0. The summed E-state index contributed by atoms with van der Waals surface area (Å²) in [6, 6.07) is 0. The molecule has 3 heteroatoms. The second-order valence-corrected chi connectivity index (χ2v) is 4.12. The average molecular weight is 194 g/mol. The summed E-state index contributed by atoms with van der Waals surface area (Å²) in [7, 11) is 0. The van der Waals surface area contributed by atoms with E-state index >= 15 is 0 Å². The van der Waals surface area contributed by atoms with Crippen LogP contribution >= 0.6 is 0 Å². The van der Waals surface area contributed by atoms with Crippen LogP contribution in [0.2, 0.25) is 0 Å². The van der Waals surface area contributed by atoms with Gasteiger partial charge in [-0.3, -0.25) is 5.32 Å². The van der Waals surface area contributed by atoms with Crippen molar-refractivity contribution in [3.8, 4) is 0 Å². The normalized spacial score (nSPS) is 16.1. The molecule has 0 aliphatic heterocycles. The van der Waals surface area contributed by atoms with Gasteiger partial charge in [-0.15, -0.1) is 0 Å². The van der Waals surface area contributed by atoms with Gasteiger partial charge in [0.05, 0.1) is 0 Å². The zero-order chi connectivity index (χ0) is 10.6. The zero-order valence-corrected chi connectivity index (χ0v) is 8.83. The van der Waals surface area contributed by atoms with E-state index in [1.165, 1.54) is 0 Å². The van der Waals surface area contributed by atoms with E-state index in [1.54, 1.807) is 0 Å². The molecule has 1 rings (SSSR count). The summed E-state index contributed by atoms with van der Waals surface area (Å²) in [5.41, 5.74) is 0.344. The first-order valence-corrected chi connectivity index (χ1v) is 4.67. The number of rotatable bonds is 1. The fourth-order valence-electron chi connectivity index (χ4n) is 1.03. The Kier molecular flexibility index (Phi) is 3.33. The third-order valence-corrected chi connectivity index (χ3v) is 1.53. The Morgan fingerprint density at radius 3 is 2.71 bits per heavy atom. The standard InChI is InChI=1S/C11H16NO2/c1-11(2,3)14-10(13)12-9-7-5-4-6-8-9/h4-5,7-8H,6H2,1-3H3,(H,12,13). The van der Waals surface area contributed by atoms with E-state index in [9.17, 15) is 4.79 Å². The molecule has 0 bridgehead atoms. The summed E-state index contributed by atoms with van der Waals surface area (Å²) in [5.74, 6) is 0. The number of amides is 1. The van der Waals surface area contributed by atoms with Crippen LogP contribution in [0.25, 0.3) is 0 Å². The number of carbonyl (C=O) groups is 1. The van der Waals surface area contributed by atoms with Gasteiger partial charge in [0.2, 0.25) is 0 Å². The van der Waals surface area contributed by atoms with Crippen LogP contribution in [0.5, 0.6) is 0 Å². The minimum Gasteiger partial charge on any atom is -0.444 e. The van der Waals surface area contributed by atoms with Gasteiger partial charge in [-0.25, -0.2) is 4.79 Å². The van der Waals surface area contributed by atoms with E-state index in [2.05, 4.69) is 5.32 Å². The first-order chi connectivity index (χ1) is 6.47. The highest BCUT2D eigenvalue weighted by atomic mass is 16.6. The van der Waals surface area contributed by atoms with E-state index < -0.39 is 11.7 Å². The molecule has 0 fully saturated rings. The average Bonchev–Trinajstić information content (AvgIpc) is 2.02. The van der Waals surface area contributed by atoms with Crippen LogP contribution in [0.3, 0.4) is 0 Å². The minimum atomic E-state index is -0.449. The van der Waals surface area contributed by atoms with E-state index in [1.807, 2.05) is 45.4 Å². The van der Waals surface area contributed by atoms with E-state index in [0.29, 0.717) is 0 Å². The fraction of sp³-hybridized carbons (Fsp3) is 0.455. The van der Waals surface area contributed by atoms with Crippen LogP contribution in [-0.2, 0) is 4.74 Å². The monoisotopic (exact) mass is 194 g/mol. The minimum absolute atomic E-state index is 0.407. The van der Waals surface area contributed by atoms with E-state index in [4.69, 9.17) is 4.74 Å². The van der Waals surface area contributed by atoms with Gasteiger partial charge in [-0.2, -0.15) is 0 Å². The lowest BCUT2D eigenvalue weighted by molar-refractivity contribution is 0.0547. The topological polar surface area (TPSA) is 38.3 Å². The number of nitrogens with one attached hydrogen (secondary N) is 1. The Bertz CT molecular complexity index is 272. The molecule has 0 aromatic rings. The van der Waals surface area contributed by atoms with Gasteiger partial charge in [0.25, 0.3) is 0 Å². The molecule has 77 valence electrons. The smallest absolute Gasteiger partial charge is 0.412 e. The van der Waals surface area contributed by atoms with Crippen LogP contribution < -0.4 is 5.32 Å². The largest absolute Gasteiger partial charge is 0.444 e. The van der Waals surface area contributed by atoms with Crippen molar-refractivity contribution in [1.82, 2.24) is 5.32 Å². The highest BCUT2D eigenvalue weighted by molar-refractivity contribution is 5.70. The lowest BCUT2D eigenvalue weighted by Gasteiger charge is -2.20. The molecule has 1 N–H and O–H groups in total. The molecule has 14 heavy (non-hydrogen) atoms. The molecule has 0 aromatic carbocycles. The van der Waals surface area contributed by atoms with Gasteiger partial charge in [0, 0.05) is 5.70 Å². The van der Waals surface area contributed by atoms with Crippen LogP contribution in [0.4, 0.5) is 4.79 Å². The van der Waals surface area contributed by atoms with Crippen LogP contribution in [0.1, 0.15) is 27.2 Å². The molecule has 0 saturated heterocycles. The molecule has 0 atom stereocenters. The summed E-state index contributed by atoms with van der Waals surface area (Å²) in [6.45, 7) is 5.52. The number of hydrogen-bond acceptors (Lipinski definition) is 2. The van der Waals surface area contributed by atoms with Gasteiger partial charge in [0.15, 0.2) is 0 Å². The van der Waals surface area contributed by atoms with Gasteiger partial charge < -0.3 is 4.74 Å². The molecule has 1 radical (unpaired) electrons.